The van der Waals surface area contributed by atoms with Gasteiger partial charge < -0.3 is 10.8 Å². The van der Waals surface area contributed by atoms with Gasteiger partial charge in [-0.1, -0.05) is 29.8 Å². The summed E-state index contributed by atoms with van der Waals surface area (Å²) in [5.41, 5.74) is 11.5. The largest absolute Gasteiger partial charge is 0.481 e. The molecule has 3 N–H and O–H groups in total. The van der Waals surface area contributed by atoms with Crippen molar-refractivity contribution in [3.8, 4) is 22.4 Å². The van der Waals surface area contributed by atoms with Gasteiger partial charge in [-0.3, -0.25) is 9.78 Å². The van der Waals surface area contributed by atoms with Crippen LogP contribution in [-0.4, -0.2) is 30.7 Å². The molecule has 0 saturated heterocycles. The summed E-state index contributed by atoms with van der Waals surface area (Å²) in [6.45, 7) is 0. The molecule has 0 radical (unpaired) electrons. The molecule has 0 bridgehead atoms. The highest BCUT2D eigenvalue weighted by Crippen LogP contribution is 2.40. The Morgan fingerprint density at radius 2 is 1.76 bits per heavy atom. The lowest BCUT2D eigenvalue weighted by Crippen LogP contribution is -2.21. The number of anilines is 1. The van der Waals surface area contributed by atoms with Crippen molar-refractivity contribution in [2.75, 3.05) is 5.73 Å². The molecule has 0 aliphatic heterocycles. The van der Waals surface area contributed by atoms with Crippen molar-refractivity contribution in [2.24, 2.45) is 5.92 Å². The molecule has 7 nitrogen and oxygen atoms in total. The van der Waals surface area contributed by atoms with Gasteiger partial charge in [0, 0.05) is 33.8 Å². The first-order chi connectivity index (χ1) is 15.9. The first-order valence-corrected chi connectivity index (χ1v) is 11.9. The van der Waals surface area contributed by atoms with Crippen molar-refractivity contribution < 1.29 is 9.90 Å². The van der Waals surface area contributed by atoms with E-state index in [2.05, 4.69) is 26.0 Å². The zero-order chi connectivity index (χ0) is 23.1. The van der Waals surface area contributed by atoms with Crippen LogP contribution < -0.4 is 5.73 Å². The summed E-state index contributed by atoms with van der Waals surface area (Å²) in [4.78, 5) is 20.9. The van der Waals surface area contributed by atoms with Crippen molar-refractivity contribution in [3.63, 3.8) is 0 Å². The zero-order valence-corrected chi connectivity index (χ0v) is 19.9. The normalized spacial score (nSPS) is 18.5. The van der Waals surface area contributed by atoms with Gasteiger partial charge in [0.2, 0.25) is 0 Å². The first-order valence-electron chi connectivity index (χ1n) is 10.7. The van der Waals surface area contributed by atoms with Crippen molar-refractivity contribution in [3.05, 3.63) is 64.0 Å². The van der Waals surface area contributed by atoms with Crippen LogP contribution >= 0.6 is 27.5 Å². The van der Waals surface area contributed by atoms with Crippen LogP contribution in [-0.2, 0) is 4.79 Å². The molecule has 1 aromatic carbocycles. The number of nitrogens with two attached hydrogens (primary N) is 1. The monoisotopic (exact) mass is 525 g/mol. The molecule has 0 amide bonds. The predicted molar refractivity (Wildman–Crippen MR) is 131 cm³/mol. The van der Waals surface area contributed by atoms with Gasteiger partial charge in [-0.15, -0.1) is 0 Å². The number of benzene rings is 1. The highest BCUT2D eigenvalue weighted by molar-refractivity contribution is 9.10. The molecule has 9 heteroatoms. The Kier molecular flexibility index (Phi) is 5.80. The third-order valence-electron chi connectivity index (χ3n) is 6.33. The third-order valence-corrected chi connectivity index (χ3v) is 7.39. The highest BCUT2D eigenvalue weighted by atomic mass is 79.9. The van der Waals surface area contributed by atoms with E-state index in [0.717, 1.165) is 45.4 Å². The van der Waals surface area contributed by atoms with Gasteiger partial charge >= 0.3 is 5.97 Å². The van der Waals surface area contributed by atoms with Crippen LogP contribution in [0.5, 0.6) is 0 Å². The van der Waals surface area contributed by atoms with E-state index in [4.69, 9.17) is 22.3 Å². The Bertz CT molecular complexity index is 1330. The lowest BCUT2D eigenvalue weighted by Gasteiger charge is -2.26. The minimum Gasteiger partial charge on any atom is -0.481 e. The third kappa shape index (κ3) is 4.09. The Balaban J connectivity index is 1.49. The molecule has 4 aromatic rings. The van der Waals surface area contributed by atoms with Gasteiger partial charge in [0.15, 0.2) is 5.65 Å². The molecular weight excluding hydrogens is 506 g/mol. The number of rotatable bonds is 4. The van der Waals surface area contributed by atoms with Crippen LogP contribution in [0.25, 0.3) is 28.0 Å². The smallest absolute Gasteiger partial charge is 0.306 e. The molecule has 1 fully saturated rings. The van der Waals surface area contributed by atoms with E-state index in [9.17, 15) is 9.90 Å². The number of hydrogen-bond donors (Lipinski definition) is 2. The summed E-state index contributed by atoms with van der Waals surface area (Å²) < 4.78 is 2.35. The average Bonchev–Trinajstić information content (AvgIpc) is 3.26. The van der Waals surface area contributed by atoms with Crippen molar-refractivity contribution in [2.45, 2.75) is 31.6 Å². The number of hydrogen-bond acceptors (Lipinski definition) is 5. The summed E-state index contributed by atoms with van der Waals surface area (Å²) in [6, 6.07) is 11.5. The van der Waals surface area contributed by atoms with Gasteiger partial charge in [-0.25, -0.2) is 4.98 Å². The summed E-state index contributed by atoms with van der Waals surface area (Å²) in [7, 11) is 0. The van der Waals surface area contributed by atoms with Crippen LogP contribution in [0.3, 0.4) is 0 Å². The van der Waals surface area contributed by atoms with Crippen molar-refractivity contribution in [1.82, 2.24) is 19.6 Å². The number of nitrogens with zero attached hydrogens (tertiary/aromatic N) is 4. The maximum Gasteiger partial charge on any atom is 0.306 e. The molecule has 3 aromatic heterocycles. The van der Waals surface area contributed by atoms with Crippen LogP contribution in [0, 0.1) is 5.92 Å². The quantitative estimate of drug-likeness (QED) is 0.347. The standard InChI is InChI=1S/C24H21BrClN5O2/c25-20-21(14-1-3-15(4-2-14)24(32)33)30-23-18(12-29-31(23)22(20)27)16-7-10-19(28-11-16)13-5-8-17(26)9-6-13/h5-12,14-15H,1-4,27H2,(H,32,33)/t14-,15-. The number of carboxylic acids is 1. The van der Waals surface area contributed by atoms with Gasteiger partial charge in [0.1, 0.15) is 5.82 Å². The SMILES string of the molecule is Nc1c(Br)c([C@H]2CC[C@H](C(=O)O)CC2)nc2c(-c3ccc(-c4ccc(Cl)cc4)nc3)cnn12. The molecule has 0 spiro atoms. The second-order valence-electron chi connectivity index (χ2n) is 8.32. The van der Waals surface area contributed by atoms with Gasteiger partial charge in [-0.2, -0.15) is 9.61 Å². The highest BCUT2D eigenvalue weighted by Gasteiger charge is 2.30. The Labute approximate surface area is 203 Å². The van der Waals surface area contributed by atoms with E-state index in [0.29, 0.717) is 29.3 Å². The number of nitrogen functional groups attached to an aromatic ring is 1. The van der Waals surface area contributed by atoms with E-state index in [1.54, 1.807) is 16.9 Å². The molecule has 3 heterocycles. The maximum atomic E-state index is 11.3. The molecule has 1 aliphatic carbocycles. The number of aromatic nitrogens is 4. The molecule has 1 aliphatic rings. The number of fused-ring (bicyclic) bond motifs is 1. The van der Waals surface area contributed by atoms with Crippen molar-refractivity contribution in [1.29, 1.82) is 0 Å². The Morgan fingerprint density at radius 3 is 2.39 bits per heavy atom. The van der Waals surface area contributed by atoms with E-state index in [1.807, 2.05) is 36.4 Å². The Morgan fingerprint density at radius 1 is 1.06 bits per heavy atom. The summed E-state index contributed by atoms with van der Waals surface area (Å²) in [5.74, 6) is -0.372. The van der Waals surface area contributed by atoms with Gasteiger partial charge in [0.05, 0.1) is 28.0 Å². The second kappa shape index (κ2) is 8.76. The number of halogens is 2. The average molecular weight is 527 g/mol. The van der Waals surface area contributed by atoms with Gasteiger partial charge in [0.25, 0.3) is 0 Å². The van der Waals surface area contributed by atoms with Gasteiger partial charge in [-0.05, 0) is 59.8 Å². The zero-order valence-electron chi connectivity index (χ0n) is 17.6. The number of carbonyl (C=O) groups is 1. The lowest BCUT2D eigenvalue weighted by molar-refractivity contribution is -0.142. The molecule has 33 heavy (non-hydrogen) atoms. The fourth-order valence-corrected chi connectivity index (χ4v) is 5.15. The molecule has 168 valence electrons. The minimum absolute atomic E-state index is 0.149. The lowest BCUT2D eigenvalue weighted by atomic mass is 9.80. The summed E-state index contributed by atoms with van der Waals surface area (Å²) in [6.07, 6.45) is 6.36. The molecule has 0 unspecified atom stereocenters. The first kappa shape index (κ1) is 21.9. The molecule has 1 saturated carbocycles. The number of carboxylic acid groups (broad SMARTS) is 1. The molecular formula is C24H21BrClN5O2. The topological polar surface area (TPSA) is 106 Å². The van der Waals surface area contributed by atoms with E-state index >= 15 is 0 Å². The van der Waals surface area contributed by atoms with E-state index in [-0.39, 0.29) is 11.8 Å². The number of pyridine rings is 1. The second-order valence-corrected chi connectivity index (χ2v) is 9.55. The van der Waals surface area contributed by atoms with Crippen LogP contribution in [0.1, 0.15) is 37.3 Å². The van der Waals surface area contributed by atoms with E-state index in [1.165, 1.54) is 0 Å². The fraction of sp³-hybridized carbons (Fsp3) is 0.250. The maximum absolute atomic E-state index is 11.3. The van der Waals surface area contributed by atoms with Crippen molar-refractivity contribution >= 4 is 45.0 Å². The molecule has 0 atom stereocenters. The predicted octanol–water partition coefficient (Wildman–Crippen LogP) is 5.81. The van der Waals surface area contributed by atoms with Crippen LogP contribution in [0.2, 0.25) is 5.02 Å². The Hall–Kier alpha value is -2.97. The van der Waals surface area contributed by atoms with Crippen LogP contribution in [0.15, 0.2) is 53.3 Å². The van der Waals surface area contributed by atoms with E-state index < -0.39 is 5.97 Å². The van der Waals surface area contributed by atoms with Crippen LogP contribution in [0.4, 0.5) is 5.82 Å². The summed E-state index contributed by atoms with van der Waals surface area (Å²) in [5, 5.41) is 14.4. The number of aliphatic carboxylic acids is 1. The summed E-state index contributed by atoms with van der Waals surface area (Å²) >= 11 is 9.59. The molecule has 5 rings (SSSR count). The minimum atomic E-state index is -0.719. The fourth-order valence-electron chi connectivity index (χ4n) is 4.45.